The van der Waals surface area contributed by atoms with Crippen LogP contribution in [-0.2, 0) is 23.7 Å². The van der Waals surface area contributed by atoms with E-state index in [2.05, 4.69) is 9.82 Å². The predicted molar refractivity (Wildman–Crippen MR) is 70.1 cm³/mol. The standard InChI is InChI=1S/C10H21N5O2S/c1-14-9-5-10(13-14)4-7-12-18(16,17)15(2)8-3-6-11/h5,9,12H,3-4,6-8,11H2,1-2H3. The first-order valence-electron chi connectivity index (χ1n) is 5.85. The highest BCUT2D eigenvalue weighted by Crippen LogP contribution is 1.98. The summed E-state index contributed by atoms with van der Waals surface area (Å²) in [6.07, 6.45) is 3.06. The number of hydrogen-bond donors (Lipinski definition) is 2. The summed E-state index contributed by atoms with van der Waals surface area (Å²) >= 11 is 0. The van der Waals surface area contributed by atoms with Crippen LogP contribution in [0.25, 0.3) is 0 Å². The van der Waals surface area contributed by atoms with E-state index in [-0.39, 0.29) is 0 Å². The summed E-state index contributed by atoms with van der Waals surface area (Å²) in [5.41, 5.74) is 6.21. The topological polar surface area (TPSA) is 93.2 Å². The van der Waals surface area contributed by atoms with E-state index in [1.807, 2.05) is 19.3 Å². The van der Waals surface area contributed by atoms with Crippen molar-refractivity contribution in [2.45, 2.75) is 12.8 Å². The van der Waals surface area contributed by atoms with E-state index in [0.717, 1.165) is 5.69 Å². The van der Waals surface area contributed by atoms with Crippen molar-refractivity contribution in [2.75, 3.05) is 26.7 Å². The molecule has 0 aliphatic heterocycles. The van der Waals surface area contributed by atoms with Gasteiger partial charge < -0.3 is 5.73 Å². The molecule has 1 aromatic heterocycles. The van der Waals surface area contributed by atoms with Crippen LogP contribution in [0.4, 0.5) is 0 Å². The quantitative estimate of drug-likeness (QED) is 0.641. The zero-order valence-corrected chi connectivity index (χ0v) is 11.7. The van der Waals surface area contributed by atoms with Crippen molar-refractivity contribution < 1.29 is 8.42 Å². The Morgan fingerprint density at radius 3 is 2.83 bits per heavy atom. The van der Waals surface area contributed by atoms with Crippen LogP contribution < -0.4 is 10.5 Å². The third-order valence-electron chi connectivity index (χ3n) is 2.52. The lowest BCUT2D eigenvalue weighted by Crippen LogP contribution is -2.40. The largest absolute Gasteiger partial charge is 0.330 e. The summed E-state index contributed by atoms with van der Waals surface area (Å²) in [6.45, 7) is 1.25. The van der Waals surface area contributed by atoms with Crippen LogP contribution in [0.5, 0.6) is 0 Å². The molecule has 0 unspecified atom stereocenters. The van der Waals surface area contributed by atoms with E-state index in [4.69, 9.17) is 5.73 Å². The van der Waals surface area contributed by atoms with Crippen molar-refractivity contribution >= 4 is 10.2 Å². The van der Waals surface area contributed by atoms with Gasteiger partial charge in [-0.2, -0.15) is 17.8 Å². The number of hydrogen-bond acceptors (Lipinski definition) is 4. The molecule has 0 aromatic carbocycles. The van der Waals surface area contributed by atoms with E-state index >= 15 is 0 Å². The third kappa shape index (κ3) is 4.73. The van der Waals surface area contributed by atoms with Gasteiger partial charge in [0.25, 0.3) is 10.2 Å². The van der Waals surface area contributed by atoms with Crippen molar-refractivity contribution in [2.24, 2.45) is 12.8 Å². The van der Waals surface area contributed by atoms with E-state index in [1.165, 1.54) is 4.31 Å². The average Bonchev–Trinajstić information content (AvgIpc) is 2.71. The molecule has 0 saturated heterocycles. The molecule has 1 rings (SSSR count). The summed E-state index contributed by atoms with van der Waals surface area (Å²) in [5, 5.41) is 4.18. The first kappa shape index (κ1) is 15.1. The van der Waals surface area contributed by atoms with Gasteiger partial charge in [0.2, 0.25) is 0 Å². The van der Waals surface area contributed by atoms with Crippen molar-refractivity contribution in [3.05, 3.63) is 18.0 Å². The summed E-state index contributed by atoms with van der Waals surface area (Å²) in [5.74, 6) is 0. The van der Waals surface area contributed by atoms with Gasteiger partial charge in [-0.25, -0.2) is 4.72 Å². The van der Waals surface area contributed by atoms with E-state index in [1.54, 1.807) is 11.7 Å². The second-order valence-corrected chi connectivity index (χ2v) is 5.96. The first-order valence-corrected chi connectivity index (χ1v) is 7.29. The zero-order chi connectivity index (χ0) is 13.6. The van der Waals surface area contributed by atoms with Gasteiger partial charge in [-0.3, -0.25) is 4.68 Å². The lowest BCUT2D eigenvalue weighted by molar-refractivity contribution is 0.453. The lowest BCUT2D eigenvalue weighted by atomic mass is 10.3. The Kier molecular flexibility index (Phi) is 5.73. The predicted octanol–water partition coefficient (Wildman–Crippen LogP) is -0.922. The third-order valence-corrected chi connectivity index (χ3v) is 4.09. The molecule has 18 heavy (non-hydrogen) atoms. The lowest BCUT2D eigenvalue weighted by Gasteiger charge is -2.16. The number of nitrogens with zero attached hydrogens (tertiary/aromatic N) is 3. The van der Waals surface area contributed by atoms with Gasteiger partial charge in [0, 0.05) is 39.8 Å². The van der Waals surface area contributed by atoms with Crippen molar-refractivity contribution in [3.63, 3.8) is 0 Å². The molecule has 0 saturated carbocycles. The van der Waals surface area contributed by atoms with Crippen LogP contribution in [0.1, 0.15) is 12.1 Å². The van der Waals surface area contributed by atoms with Gasteiger partial charge in [0.05, 0.1) is 5.69 Å². The fourth-order valence-corrected chi connectivity index (χ4v) is 2.40. The van der Waals surface area contributed by atoms with Gasteiger partial charge >= 0.3 is 0 Å². The molecule has 0 amide bonds. The van der Waals surface area contributed by atoms with Crippen LogP contribution in [0.3, 0.4) is 0 Å². The minimum atomic E-state index is -3.40. The molecule has 0 radical (unpaired) electrons. The number of rotatable bonds is 8. The fourth-order valence-electron chi connectivity index (χ4n) is 1.45. The van der Waals surface area contributed by atoms with Gasteiger partial charge in [-0.1, -0.05) is 0 Å². The molecule has 104 valence electrons. The Labute approximate surface area is 108 Å². The van der Waals surface area contributed by atoms with Crippen LogP contribution in [0.15, 0.2) is 12.3 Å². The van der Waals surface area contributed by atoms with Crippen molar-refractivity contribution in [1.29, 1.82) is 0 Å². The maximum Gasteiger partial charge on any atom is 0.279 e. The minimum Gasteiger partial charge on any atom is -0.330 e. The molecule has 0 aliphatic rings. The Balaban J connectivity index is 2.37. The average molecular weight is 275 g/mol. The van der Waals surface area contributed by atoms with Crippen molar-refractivity contribution in [3.8, 4) is 0 Å². The molecule has 0 bridgehead atoms. The molecule has 1 aromatic rings. The normalized spacial score (nSPS) is 12.2. The van der Waals surface area contributed by atoms with E-state index in [9.17, 15) is 8.42 Å². The summed E-state index contributed by atoms with van der Waals surface area (Å²) in [7, 11) is -0.0346. The molecule has 0 spiro atoms. The van der Waals surface area contributed by atoms with Crippen LogP contribution in [-0.4, -0.2) is 49.2 Å². The highest BCUT2D eigenvalue weighted by Gasteiger charge is 2.15. The SMILES string of the molecule is CN(CCCN)S(=O)(=O)NCCc1ccn(C)n1. The molecular formula is C10H21N5O2S. The highest BCUT2D eigenvalue weighted by molar-refractivity contribution is 7.87. The first-order chi connectivity index (χ1) is 8.45. The van der Waals surface area contributed by atoms with Gasteiger partial charge in [-0.05, 0) is 19.0 Å². The molecule has 1 heterocycles. The second kappa shape index (κ2) is 6.83. The van der Waals surface area contributed by atoms with E-state index in [0.29, 0.717) is 32.5 Å². The summed E-state index contributed by atoms with van der Waals surface area (Å²) < 4.78 is 29.1. The van der Waals surface area contributed by atoms with E-state index < -0.39 is 10.2 Å². The molecule has 0 fully saturated rings. The summed E-state index contributed by atoms with van der Waals surface area (Å²) in [6, 6.07) is 1.87. The molecule has 7 nitrogen and oxygen atoms in total. The van der Waals surface area contributed by atoms with Gasteiger partial charge in [-0.15, -0.1) is 0 Å². The number of aryl methyl sites for hydroxylation is 1. The Morgan fingerprint density at radius 2 is 2.28 bits per heavy atom. The van der Waals surface area contributed by atoms with Crippen LogP contribution in [0, 0.1) is 0 Å². The molecule has 8 heteroatoms. The molecular weight excluding hydrogens is 254 g/mol. The van der Waals surface area contributed by atoms with Crippen LogP contribution in [0.2, 0.25) is 0 Å². The maximum absolute atomic E-state index is 11.8. The minimum absolute atomic E-state index is 0.340. The Morgan fingerprint density at radius 1 is 1.56 bits per heavy atom. The van der Waals surface area contributed by atoms with Gasteiger partial charge in [0.15, 0.2) is 0 Å². The highest BCUT2D eigenvalue weighted by atomic mass is 32.2. The van der Waals surface area contributed by atoms with Crippen molar-refractivity contribution in [1.82, 2.24) is 18.8 Å². The Bertz CT molecular complexity index is 457. The zero-order valence-electron chi connectivity index (χ0n) is 10.8. The molecule has 0 atom stereocenters. The smallest absolute Gasteiger partial charge is 0.279 e. The second-order valence-electron chi connectivity index (χ2n) is 4.09. The monoisotopic (exact) mass is 275 g/mol. The van der Waals surface area contributed by atoms with Crippen LogP contribution >= 0.6 is 0 Å². The molecule has 3 N–H and O–H groups in total. The maximum atomic E-state index is 11.8. The summed E-state index contributed by atoms with van der Waals surface area (Å²) in [4.78, 5) is 0. The number of nitrogens with two attached hydrogens (primary N) is 1. The Hall–Kier alpha value is -0.960. The molecule has 0 aliphatic carbocycles. The van der Waals surface area contributed by atoms with Gasteiger partial charge in [0.1, 0.15) is 0 Å². The number of aromatic nitrogens is 2. The fraction of sp³-hybridized carbons (Fsp3) is 0.700. The number of nitrogens with one attached hydrogen (secondary N) is 1.